The van der Waals surface area contributed by atoms with Gasteiger partial charge in [-0.3, -0.25) is 14.6 Å². The molecule has 0 radical (unpaired) electrons. The largest absolute Gasteiger partial charge is 0.348 e. The highest BCUT2D eigenvalue weighted by molar-refractivity contribution is 7.90. The maximum atomic E-state index is 13.1. The second-order valence-electron chi connectivity index (χ2n) is 7.53. The molecule has 172 valence electrons. The van der Waals surface area contributed by atoms with E-state index in [0.29, 0.717) is 17.1 Å². The number of pyridine rings is 1. The minimum Gasteiger partial charge on any atom is -0.348 e. The number of aromatic nitrogens is 3. The smallest absolute Gasteiger partial charge is 0.276 e. The van der Waals surface area contributed by atoms with Gasteiger partial charge in [0.25, 0.3) is 11.8 Å². The predicted molar refractivity (Wildman–Crippen MR) is 124 cm³/mol. The second-order valence-corrected chi connectivity index (χ2v) is 11.0. The molecule has 3 aromatic rings. The lowest BCUT2D eigenvalue weighted by atomic mass is 9.95. The number of hydrogen-bond acceptors (Lipinski definition) is 8. The van der Waals surface area contributed by atoms with Crippen molar-refractivity contribution in [2.24, 2.45) is 0 Å². The molecule has 0 atom stereocenters. The van der Waals surface area contributed by atoms with Gasteiger partial charge < -0.3 is 10.6 Å². The van der Waals surface area contributed by atoms with E-state index >= 15 is 0 Å². The Labute approximate surface area is 199 Å². The third kappa shape index (κ3) is 5.21. The van der Waals surface area contributed by atoms with Crippen molar-refractivity contribution in [3.63, 3.8) is 0 Å². The monoisotopic (exact) mass is 505 g/mol. The SMILES string of the molecule is CS(=O)(=O)c1ncc(Cl)c(C(=O)Nc2sc3c(c2C(=O)NCc2cccnc2)CCCC3)n1. The summed E-state index contributed by atoms with van der Waals surface area (Å²) in [6.45, 7) is 0.292. The van der Waals surface area contributed by atoms with Gasteiger partial charge in [-0.1, -0.05) is 17.7 Å². The molecule has 0 aliphatic heterocycles. The number of halogens is 1. The lowest BCUT2D eigenvalue weighted by Gasteiger charge is -2.13. The van der Waals surface area contributed by atoms with Crippen LogP contribution in [0, 0.1) is 0 Å². The number of rotatable bonds is 6. The van der Waals surface area contributed by atoms with Gasteiger partial charge in [0.05, 0.1) is 16.8 Å². The standard InChI is InChI=1S/C21H20ClN5O4S2/c1-33(30,31)21-25-11-14(22)17(26-21)19(29)27-20-16(13-6-2-3-7-15(13)32-20)18(28)24-10-12-5-4-8-23-9-12/h4-5,8-9,11H,2-3,6-7,10H2,1H3,(H,24,28)(H,27,29). The fourth-order valence-corrected chi connectivity index (χ4v) is 5.48. The van der Waals surface area contributed by atoms with Gasteiger partial charge in [-0.15, -0.1) is 11.3 Å². The third-order valence-corrected chi connectivity index (χ3v) is 7.41. The fraction of sp³-hybridized carbons (Fsp3) is 0.286. The van der Waals surface area contributed by atoms with Crippen molar-refractivity contribution in [3.05, 3.63) is 63.0 Å². The van der Waals surface area contributed by atoms with Crippen LogP contribution in [0.3, 0.4) is 0 Å². The minimum atomic E-state index is -3.73. The van der Waals surface area contributed by atoms with Crippen LogP contribution in [0.15, 0.2) is 35.9 Å². The van der Waals surface area contributed by atoms with Gasteiger partial charge in [0, 0.05) is 30.1 Å². The zero-order chi connectivity index (χ0) is 23.6. The number of sulfone groups is 1. The Hall–Kier alpha value is -2.89. The molecule has 0 saturated carbocycles. The van der Waals surface area contributed by atoms with Crippen molar-refractivity contribution >= 4 is 49.6 Å². The summed E-state index contributed by atoms with van der Waals surface area (Å²) >= 11 is 7.41. The van der Waals surface area contributed by atoms with Crippen molar-refractivity contribution in [2.45, 2.75) is 37.4 Å². The highest BCUT2D eigenvalue weighted by Crippen LogP contribution is 2.38. The molecule has 0 aromatic carbocycles. The number of carbonyl (C=O) groups is 2. The molecule has 0 saturated heterocycles. The van der Waals surface area contributed by atoms with Crippen molar-refractivity contribution in [2.75, 3.05) is 11.6 Å². The van der Waals surface area contributed by atoms with Crippen LogP contribution in [0.5, 0.6) is 0 Å². The molecule has 0 spiro atoms. The number of fused-ring (bicyclic) bond motifs is 1. The number of aryl methyl sites for hydroxylation is 1. The van der Waals surface area contributed by atoms with E-state index < -0.39 is 20.9 Å². The van der Waals surface area contributed by atoms with E-state index in [2.05, 4.69) is 25.6 Å². The van der Waals surface area contributed by atoms with Crippen LogP contribution in [0.25, 0.3) is 0 Å². The Morgan fingerprint density at radius 3 is 2.70 bits per heavy atom. The molecule has 12 heteroatoms. The highest BCUT2D eigenvalue weighted by Gasteiger charge is 2.28. The first kappa shape index (κ1) is 23.3. The molecule has 0 bridgehead atoms. The lowest BCUT2D eigenvalue weighted by Crippen LogP contribution is -2.26. The second kappa shape index (κ2) is 9.54. The fourth-order valence-electron chi connectivity index (χ4n) is 3.52. The van der Waals surface area contributed by atoms with Crippen LogP contribution in [0.4, 0.5) is 5.00 Å². The summed E-state index contributed by atoms with van der Waals surface area (Å²) in [5.74, 6) is -1.02. The molecule has 2 N–H and O–H groups in total. The Balaban J connectivity index is 1.63. The van der Waals surface area contributed by atoms with Crippen LogP contribution >= 0.6 is 22.9 Å². The Morgan fingerprint density at radius 1 is 1.18 bits per heavy atom. The van der Waals surface area contributed by atoms with Crippen molar-refractivity contribution in [1.29, 1.82) is 0 Å². The van der Waals surface area contributed by atoms with Crippen LogP contribution in [0.1, 0.15) is 49.7 Å². The number of nitrogens with zero attached hydrogens (tertiary/aromatic N) is 3. The van der Waals surface area contributed by atoms with Crippen LogP contribution in [-0.4, -0.2) is 41.4 Å². The van der Waals surface area contributed by atoms with E-state index in [-0.39, 0.29) is 16.6 Å². The molecule has 0 fully saturated rings. The quantitative estimate of drug-likeness (QED) is 0.492. The van der Waals surface area contributed by atoms with E-state index in [9.17, 15) is 18.0 Å². The molecular formula is C21H20ClN5O4S2. The first-order chi connectivity index (χ1) is 15.7. The maximum absolute atomic E-state index is 13.1. The topological polar surface area (TPSA) is 131 Å². The van der Waals surface area contributed by atoms with Crippen molar-refractivity contribution < 1.29 is 18.0 Å². The average Bonchev–Trinajstić information content (AvgIpc) is 3.15. The van der Waals surface area contributed by atoms with E-state index in [1.54, 1.807) is 18.5 Å². The third-order valence-electron chi connectivity index (χ3n) is 5.07. The van der Waals surface area contributed by atoms with Crippen LogP contribution in [-0.2, 0) is 29.2 Å². The first-order valence-corrected chi connectivity index (χ1v) is 13.2. The molecule has 33 heavy (non-hydrogen) atoms. The zero-order valence-electron chi connectivity index (χ0n) is 17.6. The number of hydrogen-bond donors (Lipinski definition) is 2. The van der Waals surface area contributed by atoms with Gasteiger partial charge in [-0.25, -0.2) is 18.4 Å². The summed E-state index contributed by atoms with van der Waals surface area (Å²) in [4.78, 5) is 38.7. The number of anilines is 1. The highest BCUT2D eigenvalue weighted by atomic mass is 35.5. The number of nitrogens with one attached hydrogen (secondary N) is 2. The summed E-state index contributed by atoms with van der Waals surface area (Å²) in [6, 6.07) is 3.64. The first-order valence-electron chi connectivity index (χ1n) is 10.1. The van der Waals surface area contributed by atoms with E-state index in [0.717, 1.165) is 54.1 Å². The molecule has 4 rings (SSSR count). The van der Waals surface area contributed by atoms with Gasteiger partial charge in [-0.05, 0) is 42.9 Å². The summed E-state index contributed by atoms with van der Waals surface area (Å²) in [5.41, 5.74) is 1.91. The predicted octanol–water partition coefficient (Wildman–Crippen LogP) is 3.05. The number of carbonyl (C=O) groups excluding carboxylic acids is 2. The lowest BCUT2D eigenvalue weighted by molar-refractivity contribution is 0.0951. The van der Waals surface area contributed by atoms with E-state index in [1.807, 2.05) is 6.07 Å². The molecule has 1 aliphatic rings. The maximum Gasteiger partial charge on any atom is 0.276 e. The zero-order valence-corrected chi connectivity index (χ0v) is 20.0. The number of thiophene rings is 1. The van der Waals surface area contributed by atoms with Gasteiger partial charge in [0.2, 0.25) is 15.0 Å². The number of amides is 2. The van der Waals surface area contributed by atoms with Gasteiger partial charge in [0.15, 0.2) is 5.69 Å². The molecule has 3 heterocycles. The molecule has 2 amide bonds. The van der Waals surface area contributed by atoms with Crippen molar-refractivity contribution in [1.82, 2.24) is 20.3 Å². The Morgan fingerprint density at radius 2 is 1.97 bits per heavy atom. The van der Waals surface area contributed by atoms with Crippen LogP contribution < -0.4 is 10.6 Å². The average molecular weight is 506 g/mol. The molecule has 1 aliphatic carbocycles. The van der Waals surface area contributed by atoms with Gasteiger partial charge in [0.1, 0.15) is 5.00 Å². The molecule has 0 unspecified atom stereocenters. The Kier molecular flexibility index (Phi) is 6.73. The van der Waals surface area contributed by atoms with E-state index in [1.165, 1.54) is 11.3 Å². The van der Waals surface area contributed by atoms with Crippen LogP contribution in [0.2, 0.25) is 5.02 Å². The van der Waals surface area contributed by atoms with Gasteiger partial charge in [-0.2, -0.15) is 0 Å². The van der Waals surface area contributed by atoms with Crippen molar-refractivity contribution in [3.8, 4) is 0 Å². The molecule has 3 aromatic heterocycles. The Bertz CT molecular complexity index is 1330. The van der Waals surface area contributed by atoms with Gasteiger partial charge >= 0.3 is 0 Å². The summed E-state index contributed by atoms with van der Waals surface area (Å²) < 4.78 is 23.6. The molecule has 9 nitrogen and oxygen atoms in total. The summed E-state index contributed by atoms with van der Waals surface area (Å²) in [6.07, 6.45) is 8.86. The summed E-state index contributed by atoms with van der Waals surface area (Å²) in [7, 11) is -3.73. The van der Waals surface area contributed by atoms with E-state index in [4.69, 9.17) is 11.6 Å². The normalized spacial score (nSPS) is 13.3. The minimum absolute atomic E-state index is 0.0937. The summed E-state index contributed by atoms with van der Waals surface area (Å²) in [5, 5.41) is 5.39. The molecular weight excluding hydrogens is 486 g/mol.